The summed E-state index contributed by atoms with van der Waals surface area (Å²) >= 11 is 12.1. The van der Waals surface area contributed by atoms with E-state index in [1.807, 2.05) is 6.07 Å². The highest BCUT2D eigenvalue weighted by Crippen LogP contribution is 2.32. The number of rotatable bonds is 5. The van der Waals surface area contributed by atoms with Crippen LogP contribution in [0.4, 0.5) is 4.39 Å². The summed E-state index contributed by atoms with van der Waals surface area (Å²) < 4.78 is 18.7. The lowest BCUT2D eigenvalue weighted by Gasteiger charge is -2.18. The zero-order valence-corrected chi connectivity index (χ0v) is 13.1. The molecule has 2 rings (SSSR count). The van der Waals surface area contributed by atoms with Gasteiger partial charge < -0.3 is 10.5 Å². The van der Waals surface area contributed by atoms with Crippen LogP contribution in [0.15, 0.2) is 36.4 Å². The zero-order valence-electron chi connectivity index (χ0n) is 11.6. The van der Waals surface area contributed by atoms with E-state index in [4.69, 9.17) is 33.7 Å². The van der Waals surface area contributed by atoms with Gasteiger partial charge in [-0.1, -0.05) is 29.3 Å². The Morgan fingerprint density at radius 1 is 1.19 bits per heavy atom. The number of hydrogen-bond acceptors (Lipinski definition) is 2. The van der Waals surface area contributed by atoms with Crippen molar-refractivity contribution < 1.29 is 9.13 Å². The first-order valence-electron chi connectivity index (χ1n) is 6.52. The number of methoxy groups -OCH3 is 1. The third kappa shape index (κ3) is 3.88. The smallest absolute Gasteiger partial charge is 0.123 e. The Morgan fingerprint density at radius 2 is 1.95 bits per heavy atom. The lowest BCUT2D eigenvalue weighted by atomic mass is 9.91. The highest BCUT2D eigenvalue weighted by Gasteiger charge is 2.17. The quantitative estimate of drug-likeness (QED) is 0.881. The number of ether oxygens (including phenoxy) is 1. The van der Waals surface area contributed by atoms with Crippen LogP contribution in [0.1, 0.15) is 17.0 Å². The van der Waals surface area contributed by atoms with Crippen LogP contribution >= 0.6 is 23.2 Å². The largest absolute Gasteiger partial charge is 0.496 e. The predicted octanol–water partition coefficient (Wildman–Crippen LogP) is 4.43. The van der Waals surface area contributed by atoms with E-state index < -0.39 is 0 Å². The maximum Gasteiger partial charge on any atom is 0.123 e. The van der Waals surface area contributed by atoms with Crippen LogP contribution in [-0.4, -0.2) is 13.7 Å². The van der Waals surface area contributed by atoms with Gasteiger partial charge in [0, 0.05) is 16.0 Å². The van der Waals surface area contributed by atoms with Crippen LogP contribution in [0.2, 0.25) is 10.0 Å². The highest BCUT2D eigenvalue weighted by atomic mass is 35.5. The molecule has 0 spiro atoms. The van der Waals surface area contributed by atoms with Crippen LogP contribution in [0.5, 0.6) is 5.75 Å². The standard InChI is InChI=1S/C16H16Cl2FNO/c1-21-16-5-3-13(19)7-10(16)6-11(9-20)14-4-2-12(17)8-15(14)18/h2-5,7-8,11H,6,9,20H2,1H3. The van der Waals surface area contributed by atoms with Crippen molar-refractivity contribution in [3.05, 3.63) is 63.4 Å². The molecule has 2 N–H and O–H groups in total. The third-order valence-electron chi connectivity index (χ3n) is 3.40. The van der Waals surface area contributed by atoms with Gasteiger partial charge >= 0.3 is 0 Å². The topological polar surface area (TPSA) is 35.2 Å². The molecular weight excluding hydrogens is 312 g/mol. The second-order valence-corrected chi connectivity index (χ2v) is 5.60. The van der Waals surface area contributed by atoms with Gasteiger partial charge in [-0.2, -0.15) is 0 Å². The van der Waals surface area contributed by atoms with Crippen LogP contribution in [0.3, 0.4) is 0 Å². The summed E-state index contributed by atoms with van der Waals surface area (Å²) in [4.78, 5) is 0. The molecule has 5 heteroatoms. The van der Waals surface area contributed by atoms with Crippen molar-refractivity contribution in [3.63, 3.8) is 0 Å². The van der Waals surface area contributed by atoms with Crippen LogP contribution in [0.25, 0.3) is 0 Å². The number of benzene rings is 2. The molecule has 0 aliphatic rings. The third-order valence-corrected chi connectivity index (χ3v) is 3.96. The van der Waals surface area contributed by atoms with Crippen molar-refractivity contribution in [2.75, 3.05) is 13.7 Å². The molecule has 112 valence electrons. The maximum absolute atomic E-state index is 13.4. The first kappa shape index (κ1) is 16.1. The average molecular weight is 328 g/mol. The molecule has 2 aromatic rings. The Morgan fingerprint density at radius 3 is 2.57 bits per heavy atom. The van der Waals surface area contributed by atoms with E-state index in [1.165, 1.54) is 12.1 Å². The minimum Gasteiger partial charge on any atom is -0.496 e. The molecular formula is C16H16Cl2FNO. The fraction of sp³-hybridized carbons (Fsp3) is 0.250. The molecule has 0 aliphatic carbocycles. The minimum absolute atomic E-state index is 0.0366. The molecule has 0 aromatic heterocycles. The number of hydrogen-bond donors (Lipinski definition) is 1. The lowest BCUT2D eigenvalue weighted by Crippen LogP contribution is -2.16. The van der Waals surface area contributed by atoms with E-state index in [1.54, 1.807) is 25.3 Å². The molecule has 0 bridgehead atoms. The summed E-state index contributed by atoms with van der Waals surface area (Å²) in [5, 5.41) is 1.14. The summed E-state index contributed by atoms with van der Waals surface area (Å²) in [5.74, 6) is 0.300. The molecule has 0 fully saturated rings. The molecule has 0 radical (unpaired) electrons. The normalized spacial score (nSPS) is 12.2. The predicted molar refractivity (Wildman–Crippen MR) is 84.9 cm³/mol. The lowest BCUT2D eigenvalue weighted by molar-refractivity contribution is 0.406. The van der Waals surface area contributed by atoms with Crippen LogP contribution in [0, 0.1) is 5.82 Å². The monoisotopic (exact) mass is 327 g/mol. The van der Waals surface area contributed by atoms with Crippen LogP contribution in [-0.2, 0) is 6.42 Å². The summed E-state index contributed by atoms with van der Waals surface area (Å²) in [6.07, 6.45) is 0.540. The van der Waals surface area contributed by atoms with Gasteiger partial charge in [0.2, 0.25) is 0 Å². The fourth-order valence-corrected chi connectivity index (χ4v) is 2.89. The Balaban J connectivity index is 2.33. The first-order chi connectivity index (χ1) is 10.0. The van der Waals surface area contributed by atoms with Crippen molar-refractivity contribution in [2.45, 2.75) is 12.3 Å². The van der Waals surface area contributed by atoms with Gasteiger partial charge in [0.1, 0.15) is 11.6 Å². The molecule has 0 amide bonds. The van der Waals surface area contributed by atoms with E-state index in [-0.39, 0.29) is 11.7 Å². The second-order valence-electron chi connectivity index (χ2n) is 4.76. The van der Waals surface area contributed by atoms with E-state index in [2.05, 4.69) is 0 Å². The SMILES string of the molecule is COc1ccc(F)cc1CC(CN)c1ccc(Cl)cc1Cl. The molecule has 2 aromatic carbocycles. The van der Waals surface area contributed by atoms with Gasteiger partial charge in [-0.15, -0.1) is 0 Å². The van der Waals surface area contributed by atoms with Gasteiger partial charge in [-0.05, 0) is 54.4 Å². The number of nitrogens with two attached hydrogens (primary N) is 1. The summed E-state index contributed by atoms with van der Waals surface area (Å²) in [6, 6.07) is 9.76. The zero-order chi connectivity index (χ0) is 15.4. The molecule has 0 saturated heterocycles. The summed E-state index contributed by atoms with van der Waals surface area (Å²) in [5.41, 5.74) is 7.52. The van der Waals surface area contributed by atoms with Gasteiger partial charge in [-0.25, -0.2) is 4.39 Å². The van der Waals surface area contributed by atoms with Gasteiger partial charge in [0.05, 0.1) is 7.11 Å². The van der Waals surface area contributed by atoms with E-state index in [0.717, 1.165) is 11.1 Å². The molecule has 0 aliphatic heterocycles. The molecule has 21 heavy (non-hydrogen) atoms. The number of halogens is 3. The Kier molecular flexibility index (Phi) is 5.45. The second kappa shape index (κ2) is 7.12. The van der Waals surface area contributed by atoms with Gasteiger partial charge in [0.15, 0.2) is 0 Å². The molecule has 2 nitrogen and oxygen atoms in total. The van der Waals surface area contributed by atoms with Crippen molar-refractivity contribution >= 4 is 23.2 Å². The highest BCUT2D eigenvalue weighted by molar-refractivity contribution is 6.35. The van der Waals surface area contributed by atoms with E-state index in [9.17, 15) is 4.39 Å². The van der Waals surface area contributed by atoms with Crippen LogP contribution < -0.4 is 10.5 Å². The Hall–Kier alpha value is -1.29. The Labute approximate surface area is 133 Å². The first-order valence-corrected chi connectivity index (χ1v) is 7.28. The fourth-order valence-electron chi connectivity index (χ4n) is 2.32. The Bertz CT molecular complexity index is 634. The van der Waals surface area contributed by atoms with E-state index in [0.29, 0.717) is 28.8 Å². The van der Waals surface area contributed by atoms with Gasteiger partial charge in [0.25, 0.3) is 0 Å². The molecule has 0 saturated carbocycles. The molecule has 0 heterocycles. The summed E-state index contributed by atoms with van der Waals surface area (Å²) in [6.45, 7) is 0.390. The van der Waals surface area contributed by atoms with Crippen molar-refractivity contribution in [2.24, 2.45) is 5.73 Å². The summed E-state index contributed by atoms with van der Waals surface area (Å²) in [7, 11) is 1.56. The maximum atomic E-state index is 13.4. The van der Waals surface area contributed by atoms with Crippen molar-refractivity contribution in [1.82, 2.24) is 0 Å². The molecule has 1 unspecified atom stereocenters. The average Bonchev–Trinajstić information content (AvgIpc) is 2.45. The minimum atomic E-state index is -0.302. The molecule has 1 atom stereocenters. The van der Waals surface area contributed by atoms with Gasteiger partial charge in [-0.3, -0.25) is 0 Å². The van der Waals surface area contributed by atoms with E-state index >= 15 is 0 Å². The van der Waals surface area contributed by atoms with Crippen molar-refractivity contribution in [1.29, 1.82) is 0 Å². The van der Waals surface area contributed by atoms with Crippen molar-refractivity contribution in [3.8, 4) is 5.75 Å².